The number of nitrogens with zero attached hydrogens (tertiary/aromatic N) is 2. The van der Waals surface area contributed by atoms with Crippen molar-refractivity contribution in [3.63, 3.8) is 0 Å². The Morgan fingerprint density at radius 2 is 1.91 bits per heavy atom. The smallest absolute Gasteiger partial charge is 0.337 e. The van der Waals surface area contributed by atoms with Gasteiger partial charge in [-0.2, -0.15) is 5.26 Å². The Hall–Kier alpha value is -4.46. The van der Waals surface area contributed by atoms with Crippen LogP contribution in [0.15, 0.2) is 59.5 Å². The van der Waals surface area contributed by atoms with Crippen LogP contribution in [-0.2, 0) is 23.9 Å². The number of esters is 2. The highest BCUT2D eigenvalue weighted by Gasteiger charge is 2.39. The SMILES string of the molecule is C=CC(=O)O.COC(=O)C1=C(C#N)NC(C)=C(C(=O)OC(C)C)C1c1cccc([N+](=O)[O-])c1. The molecular formula is C22H23N3O8. The summed E-state index contributed by atoms with van der Waals surface area (Å²) >= 11 is 0. The number of dihydropyridines is 1. The number of nitriles is 1. The van der Waals surface area contributed by atoms with E-state index in [1.807, 2.05) is 6.07 Å². The van der Waals surface area contributed by atoms with E-state index in [4.69, 9.17) is 14.6 Å². The van der Waals surface area contributed by atoms with Crippen molar-refractivity contribution in [2.75, 3.05) is 7.11 Å². The number of carboxylic acid groups (broad SMARTS) is 1. The second-order valence-electron chi connectivity index (χ2n) is 6.84. The highest BCUT2D eigenvalue weighted by Crippen LogP contribution is 2.40. The summed E-state index contributed by atoms with van der Waals surface area (Å²) < 4.78 is 10.1. The minimum atomic E-state index is -1.06. The zero-order chi connectivity index (χ0) is 25.3. The molecule has 174 valence electrons. The van der Waals surface area contributed by atoms with E-state index in [9.17, 15) is 29.8 Å². The van der Waals surface area contributed by atoms with Crippen LogP contribution in [0.5, 0.6) is 0 Å². The molecule has 1 heterocycles. The minimum absolute atomic E-state index is 0.0774. The number of methoxy groups -OCH3 is 1. The zero-order valence-corrected chi connectivity index (χ0v) is 18.4. The predicted octanol–water partition coefficient (Wildman–Crippen LogP) is 2.71. The third kappa shape index (κ3) is 6.76. The van der Waals surface area contributed by atoms with Gasteiger partial charge in [-0.25, -0.2) is 14.4 Å². The van der Waals surface area contributed by atoms with E-state index in [0.29, 0.717) is 11.3 Å². The molecule has 0 fully saturated rings. The van der Waals surface area contributed by atoms with Gasteiger partial charge in [0, 0.05) is 23.9 Å². The van der Waals surface area contributed by atoms with E-state index in [0.717, 1.165) is 13.2 Å². The number of carbonyl (C=O) groups excluding carboxylic acids is 2. The van der Waals surface area contributed by atoms with Gasteiger partial charge in [0.05, 0.1) is 35.2 Å². The summed E-state index contributed by atoms with van der Waals surface area (Å²) in [5.41, 5.74) is 0.251. The first-order valence-electron chi connectivity index (χ1n) is 9.49. The topological polar surface area (TPSA) is 169 Å². The Bertz CT molecular complexity index is 1080. The van der Waals surface area contributed by atoms with Gasteiger partial charge in [-0.3, -0.25) is 10.1 Å². The Morgan fingerprint density at radius 1 is 1.30 bits per heavy atom. The van der Waals surface area contributed by atoms with Gasteiger partial charge in [-0.1, -0.05) is 18.7 Å². The van der Waals surface area contributed by atoms with Crippen LogP contribution in [0.2, 0.25) is 0 Å². The quantitative estimate of drug-likeness (QED) is 0.280. The lowest BCUT2D eigenvalue weighted by molar-refractivity contribution is -0.384. The molecule has 0 aromatic heterocycles. The molecule has 11 heteroatoms. The van der Waals surface area contributed by atoms with Crippen LogP contribution in [0.25, 0.3) is 0 Å². The molecule has 1 aromatic rings. The first-order valence-corrected chi connectivity index (χ1v) is 9.49. The fourth-order valence-corrected chi connectivity index (χ4v) is 2.95. The maximum atomic E-state index is 12.8. The van der Waals surface area contributed by atoms with Crippen LogP contribution in [0.3, 0.4) is 0 Å². The van der Waals surface area contributed by atoms with Crippen molar-refractivity contribution in [1.29, 1.82) is 5.26 Å². The number of benzene rings is 1. The number of ether oxygens (including phenoxy) is 2. The molecule has 33 heavy (non-hydrogen) atoms. The highest BCUT2D eigenvalue weighted by molar-refractivity contribution is 6.00. The molecule has 0 spiro atoms. The summed E-state index contributed by atoms with van der Waals surface area (Å²) in [5, 5.41) is 31.0. The van der Waals surface area contributed by atoms with Crippen molar-refractivity contribution < 1.29 is 33.9 Å². The molecule has 1 aliphatic rings. The molecule has 1 unspecified atom stereocenters. The van der Waals surface area contributed by atoms with Gasteiger partial charge in [0.2, 0.25) is 0 Å². The average molecular weight is 457 g/mol. The number of nitrogens with one attached hydrogen (secondary N) is 1. The number of carboxylic acids is 1. The van der Waals surface area contributed by atoms with Gasteiger partial charge in [-0.15, -0.1) is 0 Å². The number of hydrogen-bond acceptors (Lipinski definition) is 9. The van der Waals surface area contributed by atoms with Gasteiger partial charge < -0.3 is 19.9 Å². The summed E-state index contributed by atoms with van der Waals surface area (Å²) in [5.74, 6) is -3.57. The molecular weight excluding hydrogens is 434 g/mol. The number of allylic oxidation sites excluding steroid dienone is 2. The lowest BCUT2D eigenvalue weighted by Gasteiger charge is -2.29. The predicted molar refractivity (Wildman–Crippen MR) is 115 cm³/mol. The van der Waals surface area contributed by atoms with Crippen LogP contribution in [-0.4, -0.2) is 41.2 Å². The van der Waals surface area contributed by atoms with Gasteiger partial charge in [0.1, 0.15) is 11.8 Å². The van der Waals surface area contributed by atoms with Crippen molar-refractivity contribution >= 4 is 23.6 Å². The molecule has 0 bridgehead atoms. The number of nitro groups is 1. The van der Waals surface area contributed by atoms with E-state index in [1.165, 1.54) is 24.3 Å². The Labute approximate surface area is 189 Å². The number of non-ortho nitro benzene ring substituents is 1. The number of hydrogen-bond donors (Lipinski definition) is 2. The number of carbonyl (C=O) groups is 3. The summed E-state index contributed by atoms with van der Waals surface area (Å²) in [7, 11) is 1.14. The Morgan fingerprint density at radius 3 is 2.36 bits per heavy atom. The molecule has 2 N–H and O–H groups in total. The second-order valence-corrected chi connectivity index (χ2v) is 6.84. The van der Waals surface area contributed by atoms with Gasteiger partial charge >= 0.3 is 17.9 Å². The molecule has 1 atom stereocenters. The van der Waals surface area contributed by atoms with Crippen molar-refractivity contribution in [2.24, 2.45) is 0 Å². The molecule has 1 aliphatic heterocycles. The van der Waals surface area contributed by atoms with Crippen molar-refractivity contribution in [3.05, 3.63) is 75.1 Å². The third-order valence-electron chi connectivity index (χ3n) is 4.23. The normalized spacial score (nSPS) is 14.8. The minimum Gasteiger partial charge on any atom is -0.478 e. The van der Waals surface area contributed by atoms with E-state index in [2.05, 4.69) is 11.9 Å². The lowest BCUT2D eigenvalue weighted by Crippen LogP contribution is -2.33. The van der Waals surface area contributed by atoms with Gasteiger partial charge in [0.25, 0.3) is 5.69 Å². The van der Waals surface area contributed by atoms with Gasteiger partial charge in [-0.05, 0) is 26.3 Å². The fourth-order valence-electron chi connectivity index (χ4n) is 2.95. The number of aliphatic carboxylic acids is 1. The lowest BCUT2D eigenvalue weighted by atomic mass is 9.80. The van der Waals surface area contributed by atoms with E-state index in [1.54, 1.807) is 20.8 Å². The monoisotopic (exact) mass is 457 g/mol. The Balaban J connectivity index is 0.000000981. The Kier molecular flexibility index (Phi) is 9.51. The van der Waals surface area contributed by atoms with Crippen LogP contribution in [0, 0.1) is 21.4 Å². The van der Waals surface area contributed by atoms with Crippen molar-refractivity contribution in [1.82, 2.24) is 5.32 Å². The largest absolute Gasteiger partial charge is 0.478 e. The summed E-state index contributed by atoms with van der Waals surface area (Å²) in [6.45, 7) is 7.86. The summed E-state index contributed by atoms with van der Waals surface area (Å²) in [6.07, 6.45) is 0.404. The third-order valence-corrected chi connectivity index (χ3v) is 4.23. The zero-order valence-electron chi connectivity index (χ0n) is 18.4. The van der Waals surface area contributed by atoms with Gasteiger partial charge in [0.15, 0.2) is 0 Å². The van der Waals surface area contributed by atoms with Crippen LogP contribution in [0.1, 0.15) is 32.3 Å². The highest BCUT2D eigenvalue weighted by atomic mass is 16.6. The van der Waals surface area contributed by atoms with Crippen LogP contribution >= 0.6 is 0 Å². The molecule has 2 rings (SSSR count). The van der Waals surface area contributed by atoms with Crippen LogP contribution < -0.4 is 5.32 Å². The molecule has 0 radical (unpaired) electrons. The maximum Gasteiger partial charge on any atom is 0.337 e. The molecule has 11 nitrogen and oxygen atoms in total. The molecule has 0 amide bonds. The number of nitro benzene ring substituents is 1. The van der Waals surface area contributed by atoms with E-state index >= 15 is 0 Å². The first kappa shape index (κ1) is 26.6. The van der Waals surface area contributed by atoms with Crippen LogP contribution in [0.4, 0.5) is 5.69 Å². The molecule has 0 saturated heterocycles. The number of rotatable bonds is 6. The first-order chi connectivity index (χ1) is 15.5. The molecule has 0 aliphatic carbocycles. The van der Waals surface area contributed by atoms with Crippen molar-refractivity contribution in [3.8, 4) is 6.07 Å². The standard InChI is InChI=1S/C19H19N3O6.C3H4O2/c1-10(2)28-19(24)15-11(3)21-14(9-20)17(18(23)27-4)16(15)12-6-5-7-13(8-12)22(25)26;1-2-3(4)5/h5-8,10,16,21H,1-4H3;2H,1H2,(H,4,5). The average Bonchev–Trinajstić information content (AvgIpc) is 2.77. The summed E-state index contributed by atoms with van der Waals surface area (Å²) in [6, 6.07) is 7.41. The maximum absolute atomic E-state index is 12.8. The van der Waals surface area contributed by atoms with E-state index in [-0.39, 0.29) is 22.5 Å². The van der Waals surface area contributed by atoms with Crippen molar-refractivity contribution in [2.45, 2.75) is 32.8 Å². The molecule has 1 aromatic carbocycles. The summed E-state index contributed by atoms with van der Waals surface area (Å²) in [4.78, 5) is 45.1. The second kappa shape index (κ2) is 11.8. The van der Waals surface area contributed by atoms with E-state index < -0.39 is 34.9 Å². The fraction of sp³-hybridized carbons (Fsp3) is 0.273. The molecule has 0 saturated carbocycles.